The summed E-state index contributed by atoms with van der Waals surface area (Å²) in [6.45, 7) is 3.51. The van der Waals surface area contributed by atoms with Crippen LogP contribution in [0, 0.1) is 23.7 Å². The van der Waals surface area contributed by atoms with E-state index in [9.17, 15) is 9.90 Å². The fourth-order valence-electron chi connectivity index (χ4n) is 4.44. The van der Waals surface area contributed by atoms with Crippen molar-refractivity contribution in [1.82, 2.24) is 4.90 Å². The van der Waals surface area contributed by atoms with Gasteiger partial charge < -0.3 is 10.0 Å². The lowest BCUT2D eigenvalue weighted by molar-refractivity contribution is 0.0633. The van der Waals surface area contributed by atoms with Crippen molar-refractivity contribution in [2.24, 2.45) is 23.7 Å². The van der Waals surface area contributed by atoms with Gasteiger partial charge in [-0.3, -0.25) is 4.79 Å². The molecule has 0 spiro atoms. The van der Waals surface area contributed by atoms with Crippen LogP contribution < -0.4 is 0 Å². The number of nitrogens with zero attached hydrogens (tertiary/aromatic N) is 1. The Labute approximate surface area is 137 Å². The molecule has 3 rings (SSSR count). The second-order valence-corrected chi connectivity index (χ2v) is 7.27. The average Bonchev–Trinajstić information content (AvgIpc) is 3.10. The quantitative estimate of drug-likeness (QED) is 0.902. The first kappa shape index (κ1) is 15.8. The molecule has 2 saturated carbocycles. The third kappa shape index (κ3) is 3.02. The van der Waals surface area contributed by atoms with Crippen molar-refractivity contribution in [3.05, 3.63) is 34.9 Å². The molecule has 2 bridgehead atoms. The van der Waals surface area contributed by atoms with Gasteiger partial charge >= 0.3 is 0 Å². The minimum absolute atomic E-state index is 0.000639. The van der Waals surface area contributed by atoms with Crippen LogP contribution in [0.5, 0.6) is 0 Å². The number of benzene rings is 1. The first-order chi connectivity index (χ1) is 10.6. The zero-order valence-electron chi connectivity index (χ0n) is 13.0. The lowest BCUT2D eigenvalue weighted by Crippen LogP contribution is -2.40. The first-order valence-electron chi connectivity index (χ1n) is 8.26. The van der Waals surface area contributed by atoms with E-state index in [2.05, 4.69) is 6.92 Å². The molecule has 2 aliphatic rings. The molecular weight excluding hydrogens is 298 g/mol. The lowest BCUT2D eigenvalue weighted by atomic mass is 9.80. The number of aliphatic hydroxyl groups is 1. The second-order valence-electron chi connectivity index (χ2n) is 6.84. The molecule has 1 aromatic carbocycles. The maximum Gasteiger partial charge on any atom is 0.253 e. The van der Waals surface area contributed by atoms with Crippen LogP contribution in [0.2, 0.25) is 5.02 Å². The molecule has 0 aromatic heterocycles. The Kier molecular flexibility index (Phi) is 4.74. The Balaban J connectivity index is 1.72. The van der Waals surface area contributed by atoms with Gasteiger partial charge in [-0.05, 0) is 67.2 Å². The number of rotatable bonds is 5. The maximum absolute atomic E-state index is 12.7. The molecule has 0 saturated heterocycles. The molecule has 4 heteroatoms. The highest BCUT2D eigenvalue weighted by molar-refractivity contribution is 6.30. The van der Waals surface area contributed by atoms with E-state index in [1.54, 1.807) is 24.3 Å². The summed E-state index contributed by atoms with van der Waals surface area (Å²) in [6.07, 6.45) is 3.99. The zero-order chi connectivity index (χ0) is 15.7. The number of hydrogen-bond donors (Lipinski definition) is 1. The summed E-state index contributed by atoms with van der Waals surface area (Å²) >= 11 is 5.89. The number of hydrogen-bond acceptors (Lipinski definition) is 2. The Morgan fingerprint density at radius 2 is 1.95 bits per heavy atom. The van der Waals surface area contributed by atoms with E-state index in [1.165, 1.54) is 19.3 Å². The van der Waals surface area contributed by atoms with Crippen molar-refractivity contribution < 1.29 is 9.90 Å². The molecule has 1 amide bonds. The fourth-order valence-corrected chi connectivity index (χ4v) is 4.57. The van der Waals surface area contributed by atoms with Gasteiger partial charge in [0.15, 0.2) is 0 Å². The Hall–Kier alpha value is -1.06. The second kappa shape index (κ2) is 6.59. The van der Waals surface area contributed by atoms with E-state index in [0.29, 0.717) is 29.0 Å². The Bertz CT molecular complexity index is 528. The molecule has 3 nitrogen and oxygen atoms in total. The summed E-state index contributed by atoms with van der Waals surface area (Å²) in [5, 5.41) is 9.96. The van der Waals surface area contributed by atoms with Gasteiger partial charge in [-0.15, -0.1) is 0 Å². The van der Waals surface area contributed by atoms with Gasteiger partial charge in [0.25, 0.3) is 5.91 Å². The number of amides is 1. The van der Waals surface area contributed by atoms with E-state index >= 15 is 0 Å². The summed E-state index contributed by atoms with van der Waals surface area (Å²) in [6, 6.07) is 7.01. The highest BCUT2D eigenvalue weighted by Gasteiger charge is 2.45. The number of carbonyl (C=O) groups excluding carboxylic acids is 1. The van der Waals surface area contributed by atoms with Crippen LogP contribution in [0.25, 0.3) is 0 Å². The molecule has 0 heterocycles. The molecule has 1 aromatic rings. The molecule has 2 fully saturated rings. The van der Waals surface area contributed by atoms with Gasteiger partial charge in [0.1, 0.15) is 0 Å². The van der Waals surface area contributed by atoms with Gasteiger partial charge in [0.2, 0.25) is 0 Å². The van der Waals surface area contributed by atoms with Crippen LogP contribution in [-0.2, 0) is 0 Å². The first-order valence-corrected chi connectivity index (χ1v) is 8.63. The Morgan fingerprint density at radius 1 is 1.27 bits per heavy atom. The molecule has 4 atom stereocenters. The summed E-state index contributed by atoms with van der Waals surface area (Å²) in [5.74, 6) is 2.89. The van der Waals surface area contributed by atoms with Crippen molar-refractivity contribution >= 4 is 17.5 Å². The molecule has 22 heavy (non-hydrogen) atoms. The summed E-state index contributed by atoms with van der Waals surface area (Å²) in [7, 11) is 0. The number of fused-ring (bicyclic) bond motifs is 2. The molecule has 0 radical (unpaired) electrons. The van der Waals surface area contributed by atoms with E-state index in [4.69, 9.17) is 11.6 Å². The van der Waals surface area contributed by atoms with Gasteiger partial charge in [-0.1, -0.05) is 18.5 Å². The molecule has 0 unspecified atom stereocenters. The number of halogens is 1. The zero-order valence-corrected chi connectivity index (χ0v) is 13.8. The SMILES string of the molecule is C[C@H]1[C@H]2CC[C@@H](C2)[C@H]1CN(CCO)C(=O)c1ccc(Cl)cc1. The van der Waals surface area contributed by atoms with Crippen molar-refractivity contribution in [1.29, 1.82) is 0 Å². The van der Waals surface area contributed by atoms with Crippen LogP contribution in [0.3, 0.4) is 0 Å². The van der Waals surface area contributed by atoms with Gasteiger partial charge in [0, 0.05) is 23.7 Å². The minimum Gasteiger partial charge on any atom is -0.395 e. The van der Waals surface area contributed by atoms with E-state index in [1.807, 2.05) is 4.90 Å². The van der Waals surface area contributed by atoms with Gasteiger partial charge in [-0.2, -0.15) is 0 Å². The number of carbonyl (C=O) groups is 1. The summed E-state index contributed by atoms with van der Waals surface area (Å²) in [5.41, 5.74) is 0.647. The average molecular weight is 322 g/mol. The van der Waals surface area contributed by atoms with E-state index in [0.717, 1.165) is 18.4 Å². The third-order valence-electron chi connectivity index (χ3n) is 5.72. The van der Waals surface area contributed by atoms with Crippen molar-refractivity contribution in [3.8, 4) is 0 Å². The van der Waals surface area contributed by atoms with E-state index in [-0.39, 0.29) is 12.5 Å². The molecule has 0 aliphatic heterocycles. The summed E-state index contributed by atoms with van der Waals surface area (Å²) < 4.78 is 0. The maximum atomic E-state index is 12.7. The standard InChI is InChI=1S/C18H24ClNO2/c1-12-14-2-3-15(10-14)17(12)11-20(8-9-21)18(22)13-4-6-16(19)7-5-13/h4-7,12,14-15,17,21H,2-3,8-11H2,1H3/t12-,14-,15-,17-/m0/s1. The molecule has 120 valence electrons. The Morgan fingerprint density at radius 3 is 2.55 bits per heavy atom. The highest BCUT2D eigenvalue weighted by atomic mass is 35.5. The minimum atomic E-state index is 0.000639. The van der Waals surface area contributed by atoms with Crippen LogP contribution in [-0.4, -0.2) is 35.6 Å². The molecule has 1 N–H and O–H groups in total. The van der Waals surface area contributed by atoms with Crippen molar-refractivity contribution in [2.75, 3.05) is 19.7 Å². The largest absolute Gasteiger partial charge is 0.395 e. The normalized spacial score (nSPS) is 29.8. The molecule has 2 aliphatic carbocycles. The van der Waals surface area contributed by atoms with Crippen LogP contribution in [0.1, 0.15) is 36.5 Å². The third-order valence-corrected chi connectivity index (χ3v) is 5.97. The predicted octanol–water partition coefficient (Wildman–Crippen LogP) is 3.46. The summed E-state index contributed by atoms with van der Waals surface area (Å²) in [4.78, 5) is 14.5. The lowest BCUT2D eigenvalue weighted by Gasteiger charge is -2.33. The van der Waals surface area contributed by atoms with Crippen LogP contribution >= 0.6 is 11.6 Å². The van der Waals surface area contributed by atoms with Gasteiger partial charge in [0.05, 0.1) is 6.61 Å². The molecular formula is C18H24ClNO2. The smallest absolute Gasteiger partial charge is 0.253 e. The van der Waals surface area contributed by atoms with Gasteiger partial charge in [-0.25, -0.2) is 0 Å². The van der Waals surface area contributed by atoms with E-state index < -0.39 is 0 Å². The van der Waals surface area contributed by atoms with Crippen LogP contribution in [0.4, 0.5) is 0 Å². The topological polar surface area (TPSA) is 40.5 Å². The van der Waals surface area contributed by atoms with Crippen molar-refractivity contribution in [2.45, 2.75) is 26.2 Å². The fraction of sp³-hybridized carbons (Fsp3) is 0.611. The highest BCUT2D eigenvalue weighted by Crippen LogP contribution is 2.52. The van der Waals surface area contributed by atoms with Crippen molar-refractivity contribution in [3.63, 3.8) is 0 Å². The van der Waals surface area contributed by atoms with Crippen LogP contribution in [0.15, 0.2) is 24.3 Å². The predicted molar refractivity (Wildman–Crippen MR) is 87.9 cm³/mol. The number of aliphatic hydroxyl groups excluding tert-OH is 1. The monoisotopic (exact) mass is 321 g/mol.